The van der Waals surface area contributed by atoms with Gasteiger partial charge in [-0.25, -0.2) is 14.8 Å². The van der Waals surface area contributed by atoms with Gasteiger partial charge in [-0.15, -0.1) is 0 Å². The van der Waals surface area contributed by atoms with Crippen LogP contribution in [0.15, 0.2) is 12.5 Å². The molecule has 0 spiro atoms. The van der Waals surface area contributed by atoms with E-state index < -0.39 is 5.97 Å². The molecule has 0 aromatic carbocycles. The first-order valence-electron chi connectivity index (χ1n) is 6.65. The smallest absolute Gasteiger partial charge is 0.343 e. The Hall–Kier alpha value is -1.69. The van der Waals surface area contributed by atoms with Crippen LogP contribution in [0, 0.1) is 5.92 Å². The molecule has 4 heterocycles. The van der Waals surface area contributed by atoms with E-state index in [4.69, 9.17) is 4.74 Å². The van der Waals surface area contributed by atoms with E-state index in [1.165, 1.54) is 45.6 Å². The third-order valence-electron chi connectivity index (χ3n) is 4.10. The van der Waals surface area contributed by atoms with Crippen molar-refractivity contribution >= 4 is 11.8 Å². The second-order valence-electron chi connectivity index (χ2n) is 5.17. The summed E-state index contributed by atoms with van der Waals surface area (Å²) in [4.78, 5) is 22.2. The van der Waals surface area contributed by atoms with Crippen LogP contribution in [-0.2, 0) is 4.74 Å². The third kappa shape index (κ3) is 2.40. The van der Waals surface area contributed by atoms with Gasteiger partial charge in [-0.2, -0.15) is 0 Å². The minimum atomic E-state index is -0.399. The highest BCUT2D eigenvalue weighted by molar-refractivity contribution is 5.94. The van der Waals surface area contributed by atoms with Gasteiger partial charge in [-0.05, 0) is 31.8 Å². The lowest BCUT2D eigenvalue weighted by atomic mass is 9.84. The van der Waals surface area contributed by atoms with Gasteiger partial charge in [0.15, 0.2) is 0 Å². The summed E-state index contributed by atoms with van der Waals surface area (Å²) >= 11 is 0. The summed E-state index contributed by atoms with van der Waals surface area (Å²) in [5.74, 6) is 0.857. The van der Waals surface area contributed by atoms with E-state index in [2.05, 4.69) is 20.2 Å². The first kappa shape index (κ1) is 12.3. The van der Waals surface area contributed by atoms with Crippen LogP contribution < -0.4 is 5.32 Å². The summed E-state index contributed by atoms with van der Waals surface area (Å²) in [7, 11) is 1.37. The fourth-order valence-electron chi connectivity index (χ4n) is 3.01. The number of anilines is 1. The highest BCUT2D eigenvalue weighted by Crippen LogP contribution is 2.29. The number of piperidine rings is 3. The van der Waals surface area contributed by atoms with Crippen LogP contribution in [0.2, 0.25) is 0 Å². The summed E-state index contributed by atoms with van der Waals surface area (Å²) in [5.41, 5.74) is 0.404. The van der Waals surface area contributed by atoms with E-state index in [1.54, 1.807) is 0 Å². The molecule has 0 amide bonds. The molecule has 19 heavy (non-hydrogen) atoms. The Kier molecular flexibility index (Phi) is 3.33. The van der Waals surface area contributed by atoms with Gasteiger partial charge in [0.05, 0.1) is 7.11 Å². The lowest BCUT2D eigenvalue weighted by Gasteiger charge is -2.45. The molecular weight excluding hydrogens is 244 g/mol. The molecule has 0 aliphatic carbocycles. The van der Waals surface area contributed by atoms with Crippen LogP contribution in [0.25, 0.3) is 0 Å². The summed E-state index contributed by atoms with van der Waals surface area (Å²) in [5, 5.41) is 3.40. The van der Waals surface area contributed by atoms with Crippen molar-refractivity contribution in [1.82, 2.24) is 14.9 Å². The van der Waals surface area contributed by atoms with Crippen LogP contribution in [-0.4, -0.2) is 53.6 Å². The Labute approximate surface area is 112 Å². The van der Waals surface area contributed by atoms with Crippen LogP contribution >= 0.6 is 0 Å². The largest absolute Gasteiger partial charge is 0.465 e. The molecule has 2 bridgehead atoms. The molecule has 6 heteroatoms. The van der Waals surface area contributed by atoms with Gasteiger partial charge in [0.25, 0.3) is 0 Å². The van der Waals surface area contributed by atoms with Crippen LogP contribution in [0.4, 0.5) is 5.82 Å². The monoisotopic (exact) mass is 262 g/mol. The normalized spacial score (nSPS) is 29.0. The Balaban J connectivity index is 1.78. The van der Waals surface area contributed by atoms with Crippen molar-refractivity contribution in [3.05, 3.63) is 18.1 Å². The molecule has 1 atom stereocenters. The Bertz CT molecular complexity index is 471. The van der Waals surface area contributed by atoms with Gasteiger partial charge < -0.3 is 15.0 Å². The molecule has 3 aliphatic heterocycles. The lowest BCUT2D eigenvalue weighted by Crippen LogP contribution is -2.53. The van der Waals surface area contributed by atoms with Gasteiger partial charge >= 0.3 is 5.97 Å². The van der Waals surface area contributed by atoms with E-state index >= 15 is 0 Å². The third-order valence-corrected chi connectivity index (χ3v) is 4.10. The number of rotatable bonds is 3. The Morgan fingerprint density at radius 3 is 2.89 bits per heavy atom. The number of carbonyl (C=O) groups excluding carboxylic acids is 1. The molecule has 3 fully saturated rings. The predicted molar refractivity (Wildman–Crippen MR) is 69.9 cm³/mol. The quantitative estimate of drug-likeness (QED) is 0.812. The molecular formula is C13H18N4O2. The van der Waals surface area contributed by atoms with Gasteiger partial charge in [-0.3, -0.25) is 0 Å². The highest BCUT2D eigenvalue weighted by atomic mass is 16.5. The number of methoxy groups -OCH3 is 1. The number of nitrogens with zero attached hydrogens (tertiary/aromatic N) is 3. The molecule has 0 radical (unpaired) electrons. The predicted octanol–water partition coefficient (Wildman–Crippen LogP) is 0.769. The number of hydrogen-bond donors (Lipinski definition) is 1. The summed E-state index contributed by atoms with van der Waals surface area (Å²) in [6, 6.07) is 0.362. The van der Waals surface area contributed by atoms with E-state index in [0.717, 1.165) is 6.54 Å². The zero-order chi connectivity index (χ0) is 13.2. The van der Waals surface area contributed by atoms with Gasteiger partial charge in [0, 0.05) is 18.8 Å². The molecule has 0 saturated carbocycles. The number of fused-ring (bicyclic) bond motifs is 3. The average molecular weight is 262 g/mol. The van der Waals surface area contributed by atoms with Crippen LogP contribution in [0.3, 0.4) is 0 Å². The van der Waals surface area contributed by atoms with E-state index in [1.807, 2.05) is 0 Å². The molecule has 1 N–H and O–H groups in total. The first-order chi connectivity index (χ1) is 9.28. The Morgan fingerprint density at radius 2 is 2.26 bits per heavy atom. The summed E-state index contributed by atoms with van der Waals surface area (Å²) in [6.07, 6.45) is 5.39. The maximum Gasteiger partial charge on any atom is 0.343 e. The van der Waals surface area contributed by atoms with E-state index in [0.29, 0.717) is 23.3 Å². The van der Waals surface area contributed by atoms with Crippen molar-refractivity contribution in [2.24, 2.45) is 5.92 Å². The fourth-order valence-corrected chi connectivity index (χ4v) is 3.01. The van der Waals surface area contributed by atoms with Crippen molar-refractivity contribution in [2.45, 2.75) is 18.9 Å². The van der Waals surface area contributed by atoms with Crippen molar-refractivity contribution in [2.75, 3.05) is 32.1 Å². The maximum absolute atomic E-state index is 11.7. The van der Waals surface area contributed by atoms with Crippen molar-refractivity contribution in [1.29, 1.82) is 0 Å². The van der Waals surface area contributed by atoms with E-state index in [-0.39, 0.29) is 0 Å². The lowest BCUT2D eigenvalue weighted by molar-refractivity contribution is 0.0600. The number of aromatic nitrogens is 2. The molecule has 6 nitrogen and oxygen atoms in total. The number of esters is 1. The number of carbonyl (C=O) groups is 1. The zero-order valence-corrected chi connectivity index (χ0v) is 11.0. The second kappa shape index (κ2) is 5.13. The SMILES string of the molecule is COC(=O)c1cncnc1NC1CN2CCC1CC2. The summed E-state index contributed by atoms with van der Waals surface area (Å²) < 4.78 is 4.76. The fraction of sp³-hybridized carbons (Fsp3) is 0.615. The van der Waals surface area contributed by atoms with Crippen LogP contribution in [0.1, 0.15) is 23.2 Å². The summed E-state index contributed by atoms with van der Waals surface area (Å²) in [6.45, 7) is 3.41. The molecule has 1 unspecified atom stereocenters. The molecule has 4 rings (SSSR count). The highest BCUT2D eigenvalue weighted by Gasteiger charge is 2.34. The minimum absolute atomic E-state index is 0.362. The van der Waals surface area contributed by atoms with Gasteiger partial charge in [0.2, 0.25) is 0 Å². The standard InChI is InChI=1S/C13H18N4O2/c1-19-13(18)10-6-14-8-15-12(10)16-11-7-17-4-2-9(11)3-5-17/h6,8-9,11H,2-5,7H2,1H3,(H,14,15,16). The molecule has 3 aliphatic rings. The second-order valence-corrected chi connectivity index (χ2v) is 5.17. The average Bonchev–Trinajstić information content (AvgIpc) is 2.48. The maximum atomic E-state index is 11.7. The zero-order valence-electron chi connectivity index (χ0n) is 11.0. The number of ether oxygens (including phenoxy) is 1. The molecule has 3 saturated heterocycles. The van der Waals surface area contributed by atoms with Crippen LogP contribution in [0.5, 0.6) is 0 Å². The van der Waals surface area contributed by atoms with Crippen molar-refractivity contribution in [3.8, 4) is 0 Å². The van der Waals surface area contributed by atoms with Crippen molar-refractivity contribution < 1.29 is 9.53 Å². The molecule has 1 aromatic heterocycles. The Morgan fingerprint density at radius 1 is 1.47 bits per heavy atom. The van der Waals surface area contributed by atoms with Gasteiger partial charge in [0.1, 0.15) is 17.7 Å². The van der Waals surface area contributed by atoms with Gasteiger partial charge in [-0.1, -0.05) is 0 Å². The topological polar surface area (TPSA) is 67.3 Å². The number of nitrogens with one attached hydrogen (secondary N) is 1. The number of hydrogen-bond acceptors (Lipinski definition) is 6. The van der Waals surface area contributed by atoms with Crippen molar-refractivity contribution in [3.63, 3.8) is 0 Å². The minimum Gasteiger partial charge on any atom is -0.465 e. The molecule has 102 valence electrons. The van der Waals surface area contributed by atoms with E-state index in [9.17, 15) is 4.79 Å². The first-order valence-corrected chi connectivity index (χ1v) is 6.65. The molecule has 1 aromatic rings.